The fourth-order valence-electron chi connectivity index (χ4n) is 2.38. The molecule has 0 radical (unpaired) electrons. The van der Waals surface area contributed by atoms with E-state index in [1.807, 2.05) is 4.57 Å². The lowest BCUT2D eigenvalue weighted by molar-refractivity contribution is 0.112. The molecule has 0 aliphatic carbocycles. The molecule has 0 fully saturated rings. The van der Waals surface area contributed by atoms with Gasteiger partial charge < -0.3 is 9.30 Å². The van der Waals surface area contributed by atoms with E-state index in [0.29, 0.717) is 23.4 Å². The Hall–Kier alpha value is -2.69. The van der Waals surface area contributed by atoms with E-state index >= 15 is 0 Å². The molecule has 3 rings (SSSR count). The summed E-state index contributed by atoms with van der Waals surface area (Å²) in [6.45, 7) is 0.507. The number of benzene rings is 1. The predicted molar refractivity (Wildman–Crippen MR) is 77.2 cm³/mol. The van der Waals surface area contributed by atoms with Gasteiger partial charge in [0, 0.05) is 25.0 Å². The fourth-order valence-corrected chi connectivity index (χ4v) is 2.38. The standard InChI is InChI=1S/C16H13FN2O2/c1-21-14-6-7-18-15-12(10-20)9-19(16(14)15)8-11-2-4-13(17)5-3-11/h2-7,9-10H,8H2,1H3. The topological polar surface area (TPSA) is 44.1 Å². The summed E-state index contributed by atoms with van der Waals surface area (Å²) in [6.07, 6.45) is 4.11. The number of hydrogen-bond acceptors (Lipinski definition) is 3. The van der Waals surface area contributed by atoms with Crippen molar-refractivity contribution in [3.05, 3.63) is 59.7 Å². The van der Waals surface area contributed by atoms with Gasteiger partial charge >= 0.3 is 0 Å². The summed E-state index contributed by atoms with van der Waals surface area (Å²) >= 11 is 0. The van der Waals surface area contributed by atoms with Crippen LogP contribution in [0.5, 0.6) is 5.75 Å². The van der Waals surface area contributed by atoms with E-state index in [1.54, 1.807) is 37.7 Å². The highest BCUT2D eigenvalue weighted by Crippen LogP contribution is 2.28. The highest BCUT2D eigenvalue weighted by Gasteiger charge is 2.13. The van der Waals surface area contributed by atoms with E-state index in [-0.39, 0.29) is 5.82 Å². The lowest BCUT2D eigenvalue weighted by Gasteiger charge is -2.08. The van der Waals surface area contributed by atoms with Crippen molar-refractivity contribution in [2.75, 3.05) is 7.11 Å². The van der Waals surface area contributed by atoms with Crippen LogP contribution in [0.2, 0.25) is 0 Å². The maximum atomic E-state index is 13.0. The predicted octanol–water partition coefficient (Wildman–Crippen LogP) is 3.04. The number of methoxy groups -OCH3 is 1. The molecule has 0 bridgehead atoms. The van der Waals surface area contributed by atoms with Gasteiger partial charge in [0.25, 0.3) is 0 Å². The second kappa shape index (κ2) is 5.36. The Bertz CT molecular complexity index is 794. The monoisotopic (exact) mass is 284 g/mol. The largest absolute Gasteiger partial charge is 0.494 e. The molecule has 0 unspecified atom stereocenters. The van der Waals surface area contributed by atoms with E-state index in [1.165, 1.54) is 12.1 Å². The average molecular weight is 284 g/mol. The minimum Gasteiger partial charge on any atom is -0.494 e. The zero-order valence-electron chi connectivity index (χ0n) is 11.4. The van der Waals surface area contributed by atoms with Gasteiger partial charge in [-0.1, -0.05) is 12.1 Å². The van der Waals surface area contributed by atoms with Gasteiger partial charge in [-0.15, -0.1) is 0 Å². The summed E-state index contributed by atoms with van der Waals surface area (Å²) in [6, 6.07) is 8.00. The van der Waals surface area contributed by atoms with Crippen molar-refractivity contribution in [3.8, 4) is 5.75 Å². The van der Waals surface area contributed by atoms with Gasteiger partial charge in [-0.2, -0.15) is 0 Å². The van der Waals surface area contributed by atoms with E-state index in [2.05, 4.69) is 4.98 Å². The molecule has 0 aliphatic rings. The summed E-state index contributed by atoms with van der Waals surface area (Å²) in [7, 11) is 1.57. The first kappa shape index (κ1) is 13.3. The number of fused-ring (bicyclic) bond motifs is 1. The summed E-state index contributed by atoms with van der Waals surface area (Å²) in [4.78, 5) is 15.4. The first-order chi connectivity index (χ1) is 10.2. The van der Waals surface area contributed by atoms with Crippen molar-refractivity contribution in [2.24, 2.45) is 0 Å². The third-order valence-corrected chi connectivity index (χ3v) is 3.36. The smallest absolute Gasteiger partial charge is 0.153 e. The molecule has 0 spiro atoms. The van der Waals surface area contributed by atoms with E-state index in [0.717, 1.165) is 17.4 Å². The highest BCUT2D eigenvalue weighted by atomic mass is 19.1. The van der Waals surface area contributed by atoms with Crippen LogP contribution in [0.25, 0.3) is 11.0 Å². The maximum Gasteiger partial charge on any atom is 0.153 e. The molecule has 5 heteroatoms. The Morgan fingerprint density at radius 2 is 2.05 bits per heavy atom. The van der Waals surface area contributed by atoms with Crippen molar-refractivity contribution in [1.82, 2.24) is 9.55 Å². The Kier molecular flexibility index (Phi) is 3.39. The van der Waals surface area contributed by atoms with Gasteiger partial charge in [0.2, 0.25) is 0 Å². The number of carbonyl (C=O) groups is 1. The van der Waals surface area contributed by atoms with Crippen LogP contribution in [0.15, 0.2) is 42.7 Å². The molecular weight excluding hydrogens is 271 g/mol. The summed E-state index contributed by atoms with van der Waals surface area (Å²) < 4.78 is 20.2. The van der Waals surface area contributed by atoms with Crippen LogP contribution in [0.4, 0.5) is 4.39 Å². The molecular formula is C16H13FN2O2. The number of aldehydes is 1. The Morgan fingerprint density at radius 1 is 1.29 bits per heavy atom. The van der Waals surface area contributed by atoms with Gasteiger partial charge in [-0.3, -0.25) is 9.78 Å². The third-order valence-electron chi connectivity index (χ3n) is 3.36. The number of halogens is 1. The zero-order valence-corrected chi connectivity index (χ0v) is 11.4. The first-order valence-corrected chi connectivity index (χ1v) is 6.44. The van der Waals surface area contributed by atoms with Gasteiger partial charge in [-0.25, -0.2) is 4.39 Å². The number of pyridine rings is 1. The number of aromatic nitrogens is 2. The normalized spacial score (nSPS) is 10.8. The van der Waals surface area contributed by atoms with Crippen molar-refractivity contribution in [1.29, 1.82) is 0 Å². The van der Waals surface area contributed by atoms with Gasteiger partial charge in [0.1, 0.15) is 22.6 Å². The molecule has 0 N–H and O–H groups in total. The molecule has 21 heavy (non-hydrogen) atoms. The highest BCUT2D eigenvalue weighted by molar-refractivity contribution is 5.97. The van der Waals surface area contributed by atoms with Crippen molar-refractivity contribution < 1.29 is 13.9 Å². The van der Waals surface area contributed by atoms with Crippen molar-refractivity contribution >= 4 is 17.3 Å². The van der Waals surface area contributed by atoms with E-state index in [9.17, 15) is 9.18 Å². The molecule has 4 nitrogen and oxygen atoms in total. The molecule has 2 aromatic heterocycles. The Balaban J connectivity index is 2.13. The van der Waals surface area contributed by atoms with E-state index in [4.69, 9.17) is 4.74 Å². The van der Waals surface area contributed by atoms with Crippen LogP contribution in [0.3, 0.4) is 0 Å². The molecule has 1 aromatic carbocycles. The molecule has 106 valence electrons. The lowest BCUT2D eigenvalue weighted by Crippen LogP contribution is -1.99. The SMILES string of the molecule is COc1ccnc2c(C=O)cn(Cc3ccc(F)cc3)c12. The first-order valence-electron chi connectivity index (χ1n) is 6.44. The molecule has 0 amide bonds. The van der Waals surface area contributed by atoms with Gasteiger partial charge in [-0.05, 0) is 17.7 Å². The van der Waals surface area contributed by atoms with Crippen LogP contribution in [-0.2, 0) is 6.54 Å². The number of carbonyl (C=O) groups excluding carboxylic acids is 1. The van der Waals surface area contributed by atoms with Crippen molar-refractivity contribution in [2.45, 2.75) is 6.54 Å². The molecule has 0 atom stereocenters. The molecule has 0 saturated heterocycles. The zero-order chi connectivity index (χ0) is 14.8. The van der Waals surface area contributed by atoms with Crippen LogP contribution in [-0.4, -0.2) is 22.9 Å². The minimum absolute atomic E-state index is 0.274. The number of ether oxygens (including phenoxy) is 1. The molecule has 0 saturated carbocycles. The maximum absolute atomic E-state index is 13.0. The summed E-state index contributed by atoms with van der Waals surface area (Å²) in [5.74, 6) is 0.374. The minimum atomic E-state index is -0.274. The van der Waals surface area contributed by atoms with Crippen LogP contribution in [0.1, 0.15) is 15.9 Å². The summed E-state index contributed by atoms with van der Waals surface area (Å²) in [5, 5.41) is 0. The Morgan fingerprint density at radius 3 is 2.71 bits per heavy atom. The van der Waals surface area contributed by atoms with Crippen molar-refractivity contribution in [3.63, 3.8) is 0 Å². The quantitative estimate of drug-likeness (QED) is 0.692. The second-order valence-electron chi connectivity index (χ2n) is 4.67. The molecule has 2 heterocycles. The van der Waals surface area contributed by atoms with Gasteiger partial charge in [0.15, 0.2) is 6.29 Å². The number of hydrogen-bond donors (Lipinski definition) is 0. The van der Waals surface area contributed by atoms with Crippen LogP contribution in [0, 0.1) is 5.82 Å². The number of rotatable bonds is 4. The fraction of sp³-hybridized carbons (Fsp3) is 0.125. The average Bonchev–Trinajstić information content (AvgIpc) is 2.87. The number of nitrogens with zero attached hydrogens (tertiary/aromatic N) is 2. The molecule has 3 aromatic rings. The molecule has 0 aliphatic heterocycles. The van der Waals surface area contributed by atoms with E-state index < -0.39 is 0 Å². The summed E-state index contributed by atoms with van der Waals surface area (Å²) in [5.41, 5.74) is 2.79. The van der Waals surface area contributed by atoms with Gasteiger partial charge in [0.05, 0.1) is 12.7 Å². The van der Waals surface area contributed by atoms with Crippen LogP contribution < -0.4 is 4.74 Å². The lowest BCUT2D eigenvalue weighted by atomic mass is 10.2. The Labute approximate surface area is 120 Å². The second-order valence-corrected chi connectivity index (χ2v) is 4.67. The van der Waals surface area contributed by atoms with Crippen LogP contribution >= 0.6 is 0 Å². The third kappa shape index (κ3) is 2.38.